The number of rotatable bonds is 4. The highest BCUT2D eigenvalue weighted by atomic mass is 32.1. The van der Waals surface area contributed by atoms with Crippen molar-refractivity contribution < 1.29 is 22.8 Å². The fourth-order valence-electron chi connectivity index (χ4n) is 2.13. The van der Waals surface area contributed by atoms with E-state index in [-0.39, 0.29) is 5.69 Å². The number of nitrogens with zero attached hydrogens (tertiary/aromatic N) is 1. The van der Waals surface area contributed by atoms with Crippen molar-refractivity contribution in [3.05, 3.63) is 52.2 Å². The molecule has 0 saturated carbocycles. The molecule has 0 aliphatic heterocycles. The van der Waals surface area contributed by atoms with E-state index in [1.54, 1.807) is 17.5 Å². The molecule has 0 fully saturated rings. The third-order valence-corrected chi connectivity index (χ3v) is 4.06. The molecule has 8 heteroatoms. The van der Waals surface area contributed by atoms with E-state index >= 15 is 0 Å². The number of hydrogen-bond donors (Lipinski definition) is 1. The van der Waals surface area contributed by atoms with Crippen LogP contribution in [0.3, 0.4) is 0 Å². The highest BCUT2D eigenvalue weighted by Gasteiger charge is 2.34. The van der Waals surface area contributed by atoms with Crippen LogP contribution in [0.2, 0.25) is 0 Å². The minimum Gasteiger partial charge on any atom is -0.368 e. The second-order valence-electron chi connectivity index (χ2n) is 4.69. The lowest BCUT2D eigenvalue weighted by atomic mass is 10.1. The summed E-state index contributed by atoms with van der Waals surface area (Å²) in [6.07, 6.45) is 0.508. The molecule has 2 N–H and O–H groups in total. The van der Waals surface area contributed by atoms with Gasteiger partial charge in [0, 0.05) is 10.6 Å². The van der Waals surface area contributed by atoms with Gasteiger partial charge >= 0.3 is 12.1 Å². The maximum Gasteiger partial charge on any atom is 0.416 e. The second-order valence-corrected chi connectivity index (χ2v) is 5.67. The van der Waals surface area contributed by atoms with Gasteiger partial charge in [0.25, 0.3) is 0 Å². The minimum atomic E-state index is -4.61. The van der Waals surface area contributed by atoms with E-state index in [4.69, 9.17) is 12.2 Å². The topological polar surface area (TPSA) is 63.4 Å². The Hall–Kier alpha value is -2.79. The monoisotopic (exact) mass is 352 g/mol. The fourth-order valence-corrected chi connectivity index (χ4v) is 2.95. The Labute approximate surface area is 139 Å². The van der Waals surface area contributed by atoms with Crippen LogP contribution in [0.4, 0.5) is 18.9 Å². The van der Waals surface area contributed by atoms with Crippen LogP contribution in [0.15, 0.2) is 41.8 Å². The number of terminal acetylenes is 1. The average molecular weight is 352 g/mol. The molecule has 2 aromatic rings. The Morgan fingerprint density at radius 1 is 1.25 bits per heavy atom. The summed E-state index contributed by atoms with van der Waals surface area (Å²) < 4.78 is 38.7. The lowest BCUT2D eigenvalue weighted by Gasteiger charge is -2.28. The first-order chi connectivity index (χ1) is 11.3. The molecule has 0 bridgehead atoms. The van der Waals surface area contributed by atoms with Crippen molar-refractivity contribution in [1.29, 1.82) is 0 Å². The lowest BCUT2D eigenvalue weighted by molar-refractivity contribution is -0.137. The number of primary amides is 1. The predicted octanol–water partition coefficient (Wildman–Crippen LogP) is 2.96. The van der Waals surface area contributed by atoms with Gasteiger partial charge in [-0.25, -0.2) is 0 Å². The molecule has 1 aromatic heterocycles. The Kier molecular flexibility index (Phi) is 4.95. The average Bonchev–Trinajstić information content (AvgIpc) is 3.04. The van der Waals surface area contributed by atoms with E-state index in [9.17, 15) is 22.8 Å². The van der Waals surface area contributed by atoms with Gasteiger partial charge in [0.05, 0.1) is 5.56 Å². The Balaban J connectivity index is 2.60. The van der Waals surface area contributed by atoms with E-state index in [0.717, 1.165) is 34.4 Å². The first kappa shape index (κ1) is 17.6. The molecule has 0 spiro atoms. The third kappa shape index (κ3) is 3.58. The maximum absolute atomic E-state index is 12.9. The lowest BCUT2D eigenvalue weighted by Crippen LogP contribution is -2.41. The largest absolute Gasteiger partial charge is 0.416 e. The number of thiophene rings is 1. The minimum absolute atomic E-state index is 0.162. The van der Waals surface area contributed by atoms with Gasteiger partial charge in [-0.15, -0.1) is 17.8 Å². The summed E-state index contributed by atoms with van der Waals surface area (Å²) in [5.41, 5.74) is 4.24. The highest BCUT2D eigenvalue weighted by Crippen LogP contribution is 2.35. The van der Waals surface area contributed by atoms with Crippen LogP contribution in [0, 0.1) is 12.3 Å². The SMILES string of the molecule is C#CC(=O)N(c1cccc(C(F)(F)F)c1)C(C(N)=O)c1cccs1. The van der Waals surface area contributed by atoms with Crippen molar-refractivity contribution in [3.8, 4) is 12.3 Å². The number of hydrogen-bond acceptors (Lipinski definition) is 3. The van der Waals surface area contributed by atoms with Crippen molar-refractivity contribution in [1.82, 2.24) is 0 Å². The summed E-state index contributed by atoms with van der Waals surface area (Å²) in [4.78, 5) is 25.2. The summed E-state index contributed by atoms with van der Waals surface area (Å²) in [6.45, 7) is 0. The zero-order valence-electron chi connectivity index (χ0n) is 12.1. The van der Waals surface area contributed by atoms with Crippen molar-refractivity contribution in [3.63, 3.8) is 0 Å². The quantitative estimate of drug-likeness (QED) is 0.860. The van der Waals surface area contributed by atoms with Crippen LogP contribution >= 0.6 is 11.3 Å². The van der Waals surface area contributed by atoms with Gasteiger partial charge in [-0.2, -0.15) is 13.2 Å². The van der Waals surface area contributed by atoms with Crippen LogP contribution in [0.25, 0.3) is 0 Å². The number of amides is 2. The van der Waals surface area contributed by atoms with E-state index in [1.165, 1.54) is 6.07 Å². The molecular formula is C16H11F3N2O2S. The standard InChI is InChI=1S/C16H11F3N2O2S/c1-2-13(22)21(14(15(20)23)12-7-4-8-24-12)11-6-3-5-10(9-11)16(17,18)19/h1,3-9,14H,(H2,20,23). The molecule has 1 aromatic carbocycles. The summed E-state index contributed by atoms with van der Waals surface area (Å²) in [6, 6.07) is 5.86. The van der Waals surface area contributed by atoms with Gasteiger partial charge in [0.15, 0.2) is 6.04 Å². The molecule has 4 nitrogen and oxygen atoms in total. The summed E-state index contributed by atoms with van der Waals surface area (Å²) in [5, 5.41) is 1.65. The number of benzene rings is 1. The van der Waals surface area contributed by atoms with Crippen molar-refractivity contribution >= 4 is 28.8 Å². The highest BCUT2D eigenvalue weighted by molar-refractivity contribution is 7.10. The van der Waals surface area contributed by atoms with Crippen molar-refractivity contribution in [2.75, 3.05) is 4.90 Å². The maximum atomic E-state index is 12.9. The summed E-state index contributed by atoms with van der Waals surface area (Å²) >= 11 is 1.13. The van der Waals surface area contributed by atoms with Gasteiger partial charge in [0.1, 0.15) is 0 Å². The molecule has 2 amide bonds. The molecule has 0 aliphatic carbocycles. The van der Waals surface area contributed by atoms with Crippen LogP contribution < -0.4 is 10.6 Å². The van der Waals surface area contributed by atoms with Gasteiger partial charge in [-0.1, -0.05) is 12.1 Å². The van der Waals surface area contributed by atoms with Crippen molar-refractivity contribution in [2.24, 2.45) is 5.73 Å². The predicted molar refractivity (Wildman–Crippen MR) is 84.0 cm³/mol. The first-order valence-corrected chi connectivity index (χ1v) is 7.43. The number of carbonyl (C=O) groups excluding carboxylic acids is 2. The third-order valence-electron chi connectivity index (χ3n) is 3.13. The zero-order chi connectivity index (χ0) is 17.9. The number of carbonyl (C=O) groups is 2. The molecule has 124 valence electrons. The normalized spacial score (nSPS) is 12.2. The second kappa shape index (κ2) is 6.76. The Morgan fingerprint density at radius 3 is 2.46 bits per heavy atom. The molecule has 24 heavy (non-hydrogen) atoms. The Bertz CT molecular complexity index is 794. The molecule has 0 radical (unpaired) electrons. The van der Waals surface area contributed by atoms with Crippen LogP contribution in [0.1, 0.15) is 16.5 Å². The number of nitrogens with two attached hydrogens (primary N) is 1. The molecule has 0 aliphatic rings. The molecule has 1 heterocycles. The molecule has 1 atom stereocenters. The molecular weight excluding hydrogens is 341 g/mol. The number of halogens is 3. The number of anilines is 1. The van der Waals surface area contributed by atoms with E-state index in [1.807, 2.05) is 5.92 Å². The zero-order valence-corrected chi connectivity index (χ0v) is 12.9. The van der Waals surface area contributed by atoms with E-state index in [2.05, 4.69) is 0 Å². The fraction of sp³-hybridized carbons (Fsp3) is 0.125. The number of alkyl halides is 3. The first-order valence-electron chi connectivity index (χ1n) is 6.55. The molecule has 1 unspecified atom stereocenters. The Morgan fingerprint density at radius 2 is 1.96 bits per heavy atom. The van der Waals surface area contributed by atoms with Gasteiger partial charge in [-0.3, -0.25) is 14.5 Å². The molecule has 2 rings (SSSR count). The van der Waals surface area contributed by atoms with Crippen LogP contribution in [-0.4, -0.2) is 11.8 Å². The molecule has 0 saturated heterocycles. The van der Waals surface area contributed by atoms with Crippen LogP contribution in [0.5, 0.6) is 0 Å². The van der Waals surface area contributed by atoms with E-state index in [0.29, 0.717) is 4.88 Å². The van der Waals surface area contributed by atoms with Gasteiger partial charge in [-0.05, 0) is 35.6 Å². The van der Waals surface area contributed by atoms with E-state index < -0.39 is 29.6 Å². The summed E-state index contributed by atoms with van der Waals surface area (Å²) in [5.74, 6) is -0.0487. The van der Waals surface area contributed by atoms with Gasteiger partial charge < -0.3 is 5.73 Å². The van der Waals surface area contributed by atoms with Crippen LogP contribution in [-0.2, 0) is 15.8 Å². The van der Waals surface area contributed by atoms with Gasteiger partial charge in [0.2, 0.25) is 5.91 Å². The van der Waals surface area contributed by atoms with Crippen molar-refractivity contribution in [2.45, 2.75) is 12.2 Å². The summed E-state index contributed by atoms with van der Waals surface area (Å²) in [7, 11) is 0. The smallest absolute Gasteiger partial charge is 0.368 e.